The lowest BCUT2D eigenvalue weighted by Gasteiger charge is -2.12. The molecule has 1 aromatic carbocycles. The lowest BCUT2D eigenvalue weighted by atomic mass is 10.1. The maximum atomic E-state index is 14.5. The minimum Gasteiger partial charge on any atom is -0.397 e. The van der Waals surface area contributed by atoms with E-state index in [9.17, 15) is 14.3 Å². The number of aliphatic hydroxyl groups excluding tert-OH is 1. The van der Waals surface area contributed by atoms with Crippen molar-refractivity contribution in [3.63, 3.8) is 0 Å². The van der Waals surface area contributed by atoms with Crippen molar-refractivity contribution in [2.24, 2.45) is 0 Å². The molecular formula is C16H15ClFN5O3. The van der Waals surface area contributed by atoms with Gasteiger partial charge >= 0.3 is 0 Å². The second-order valence-electron chi connectivity index (χ2n) is 5.63. The minimum atomic E-state index is -1.91. The fourth-order valence-electron chi connectivity index (χ4n) is 2.25. The molecule has 10 heteroatoms. The minimum absolute atomic E-state index is 0.0234. The first-order chi connectivity index (χ1) is 12.4. The Hall–Kier alpha value is -2.78. The van der Waals surface area contributed by atoms with Gasteiger partial charge in [0.25, 0.3) is 5.56 Å². The molecule has 0 fully saturated rings. The zero-order valence-corrected chi connectivity index (χ0v) is 14.4. The van der Waals surface area contributed by atoms with Crippen LogP contribution in [0.5, 0.6) is 0 Å². The topological polar surface area (TPSA) is 120 Å². The molecule has 3 rings (SSSR count). The van der Waals surface area contributed by atoms with E-state index in [-0.39, 0.29) is 23.9 Å². The van der Waals surface area contributed by atoms with Gasteiger partial charge in [0.15, 0.2) is 6.17 Å². The van der Waals surface area contributed by atoms with E-state index in [2.05, 4.69) is 15.2 Å². The lowest BCUT2D eigenvalue weighted by molar-refractivity contribution is 0.0708. The quantitative estimate of drug-likeness (QED) is 0.695. The predicted octanol–water partition coefficient (Wildman–Crippen LogP) is 1.96. The highest BCUT2D eigenvalue weighted by molar-refractivity contribution is 6.30. The van der Waals surface area contributed by atoms with Gasteiger partial charge < -0.3 is 15.4 Å². The average molecular weight is 380 g/mol. The van der Waals surface area contributed by atoms with E-state index in [0.717, 1.165) is 4.68 Å². The van der Waals surface area contributed by atoms with Crippen LogP contribution in [0.25, 0.3) is 0 Å². The molecule has 8 nitrogen and oxygen atoms in total. The lowest BCUT2D eigenvalue weighted by Crippen LogP contribution is -2.26. The fourth-order valence-corrected chi connectivity index (χ4v) is 2.38. The molecule has 0 bridgehead atoms. The van der Waals surface area contributed by atoms with E-state index < -0.39 is 17.8 Å². The molecule has 0 spiro atoms. The van der Waals surface area contributed by atoms with Crippen molar-refractivity contribution < 1.29 is 14.0 Å². The number of rotatable bonds is 5. The van der Waals surface area contributed by atoms with E-state index in [1.54, 1.807) is 6.92 Å². The molecule has 0 aliphatic heterocycles. The van der Waals surface area contributed by atoms with Gasteiger partial charge in [-0.25, -0.2) is 9.07 Å². The Kier molecular flexibility index (Phi) is 5.01. The summed E-state index contributed by atoms with van der Waals surface area (Å²) in [6, 6.07) is 6.08. The first-order valence-corrected chi connectivity index (χ1v) is 7.97. The first kappa shape index (κ1) is 18.0. The molecule has 136 valence electrons. The standard InChI is InChI=1S/C16H15ClFN5O3/c1-8-11(19)6-20-23(16(8)25)7-12-21-15(22-26-12)13(18)14(24)9-2-4-10(17)5-3-9/h2-6,13-14,24H,7,19H2,1H3/t13-,14+/m0/s1. The molecule has 0 amide bonds. The Morgan fingerprint density at radius 3 is 2.77 bits per heavy atom. The third-order valence-electron chi connectivity index (χ3n) is 3.83. The SMILES string of the molecule is Cc1c(N)cnn(Cc2nc([C@@H](F)[C@H](O)c3ccc(Cl)cc3)no2)c1=O. The maximum absolute atomic E-state index is 14.5. The number of benzene rings is 1. The van der Waals surface area contributed by atoms with Crippen LogP contribution in [0.15, 0.2) is 39.8 Å². The van der Waals surface area contributed by atoms with Crippen LogP contribution < -0.4 is 11.3 Å². The van der Waals surface area contributed by atoms with Gasteiger partial charge in [-0.05, 0) is 24.6 Å². The van der Waals surface area contributed by atoms with Gasteiger partial charge in [0, 0.05) is 10.6 Å². The summed E-state index contributed by atoms with van der Waals surface area (Å²) < 4.78 is 20.5. The summed E-state index contributed by atoms with van der Waals surface area (Å²) in [4.78, 5) is 16.0. The number of nitrogens with two attached hydrogens (primary N) is 1. The number of alkyl halides is 1. The van der Waals surface area contributed by atoms with Crippen LogP contribution in [0.4, 0.5) is 10.1 Å². The number of halogens is 2. The molecule has 0 saturated heterocycles. The highest BCUT2D eigenvalue weighted by atomic mass is 35.5. The van der Waals surface area contributed by atoms with Crippen LogP contribution in [-0.4, -0.2) is 25.0 Å². The molecule has 0 radical (unpaired) electrons. The number of hydrogen-bond donors (Lipinski definition) is 2. The molecule has 2 aromatic heterocycles. The van der Waals surface area contributed by atoms with Crippen molar-refractivity contribution in [1.29, 1.82) is 0 Å². The van der Waals surface area contributed by atoms with Gasteiger partial charge in [0.2, 0.25) is 11.7 Å². The predicted molar refractivity (Wildman–Crippen MR) is 91.3 cm³/mol. The van der Waals surface area contributed by atoms with Gasteiger partial charge in [-0.1, -0.05) is 28.9 Å². The van der Waals surface area contributed by atoms with Crippen LogP contribution in [0.1, 0.15) is 35.1 Å². The Balaban J connectivity index is 1.78. The Bertz CT molecular complexity index is 973. The van der Waals surface area contributed by atoms with E-state index in [1.807, 2.05) is 0 Å². The van der Waals surface area contributed by atoms with Gasteiger partial charge in [-0.2, -0.15) is 10.1 Å². The number of nitrogens with zero attached hydrogens (tertiary/aromatic N) is 4. The van der Waals surface area contributed by atoms with E-state index in [1.165, 1.54) is 30.5 Å². The summed E-state index contributed by atoms with van der Waals surface area (Å²) in [5, 5.41) is 18.0. The van der Waals surface area contributed by atoms with Gasteiger partial charge in [0.05, 0.1) is 11.9 Å². The van der Waals surface area contributed by atoms with E-state index in [4.69, 9.17) is 21.9 Å². The number of aliphatic hydroxyl groups is 1. The molecule has 0 aliphatic carbocycles. The van der Waals surface area contributed by atoms with Gasteiger partial charge in [0.1, 0.15) is 12.6 Å². The van der Waals surface area contributed by atoms with Gasteiger partial charge in [-0.3, -0.25) is 4.79 Å². The van der Waals surface area contributed by atoms with Crippen molar-refractivity contribution in [2.75, 3.05) is 5.73 Å². The highest BCUT2D eigenvalue weighted by Gasteiger charge is 2.27. The van der Waals surface area contributed by atoms with Crippen molar-refractivity contribution in [3.8, 4) is 0 Å². The maximum Gasteiger partial charge on any atom is 0.272 e. The Labute approximate surface area is 152 Å². The van der Waals surface area contributed by atoms with Gasteiger partial charge in [-0.15, -0.1) is 0 Å². The smallest absolute Gasteiger partial charge is 0.272 e. The number of hydrogen-bond acceptors (Lipinski definition) is 7. The molecule has 0 saturated carbocycles. The molecule has 2 atom stereocenters. The van der Waals surface area contributed by atoms with E-state index >= 15 is 0 Å². The summed E-state index contributed by atoms with van der Waals surface area (Å²) >= 11 is 5.77. The molecular weight excluding hydrogens is 365 g/mol. The number of anilines is 1. The summed E-state index contributed by atoms with van der Waals surface area (Å²) in [7, 11) is 0. The second-order valence-corrected chi connectivity index (χ2v) is 6.07. The van der Waals surface area contributed by atoms with E-state index in [0.29, 0.717) is 16.1 Å². The number of aromatic nitrogens is 4. The molecule has 3 aromatic rings. The summed E-state index contributed by atoms with van der Waals surface area (Å²) in [5.74, 6) is -0.354. The van der Waals surface area contributed by atoms with Crippen LogP contribution in [0.3, 0.4) is 0 Å². The van der Waals surface area contributed by atoms with Crippen LogP contribution in [0, 0.1) is 6.92 Å². The first-order valence-electron chi connectivity index (χ1n) is 7.59. The molecule has 3 N–H and O–H groups in total. The second kappa shape index (κ2) is 7.22. The largest absolute Gasteiger partial charge is 0.397 e. The third-order valence-corrected chi connectivity index (χ3v) is 4.08. The fraction of sp³-hybridized carbons (Fsp3) is 0.250. The Morgan fingerprint density at radius 2 is 2.08 bits per heavy atom. The zero-order chi connectivity index (χ0) is 18.8. The molecule has 2 heterocycles. The monoisotopic (exact) mass is 379 g/mol. The normalized spacial score (nSPS) is 13.5. The Morgan fingerprint density at radius 1 is 1.38 bits per heavy atom. The van der Waals surface area contributed by atoms with Crippen LogP contribution in [0.2, 0.25) is 5.02 Å². The van der Waals surface area contributed by atoms with Crippen molar-refractivity contribution >= 4 is 17.3 Å². The molecule has 0 unspecified atom stereocenters. The molecule has 26 heavy (non-hydrogen) atoms. The van der Waals surface area contributed by atoms with Crippen molar-refractivity contribution in [1.82, 2.24) is 19.9 Å². The molecule has 0 aliphatic rings. The van der Waals surface area contributed by atoms with Crippen molar-refractivity contribution in [3.05, 3.63) is 68.7 Å². The average Bonchev–Trinajstić information content (AvgIpc) is 3.10. The summed E-state index contributed by atoms with van der Waals surface area (Å²) in [6.07, 6.45) is -2.07. The zero-order valence-electron chi connectivity index (χ0n) is 13.6. The number of nitrogen functional groups attached to an aromatic ring is 1. The third kappa shape index (κ3) is 3.58. The van der Waals surface area contributed by atoms with Crippen LogP contribution >= 0.6 is 11.6 Å². The van der Waals surface area contributed by atoms with Crippen LogP contribution in [-0.2, 0) is 6.54 Å². The highest BCUT2D eigenvalue weighted by Crippen LogP contribution is 2.31. The summed E-state index contributed by atoms with van der Waals surface area (Å²) in [6.45, 7) is 1.42. The summed E-state index contributed by atoms with van der Waals surface area (Å²) in [5.41, 5.74) is 6.12. The van der Waals surface area contributed by atoms with Crippen molar-refractivity contribution in [2.45, 2.75) is 25.7 Å².